The first-order valence-corrected chi connectivity index (χ1v) is 5.10. The highest BCUT2D eigenvalue weighted by atomic mass is 16.3. The molecule has 1 rings (SSSR count). The normalized spacial score (nSPS) is 13.9. The highest BCUT2D eigenvalue weighted by Gasteiger charge is 2.20. The molecule has 0 aliphatic rings. The predicted octanol–water partition coefficient (Wildman–Crippen LogP) is 0.949. The molecule has 1 atom stereocenters. The van der Waals surface area contributed by atoms with Crippen LogP contribution in [-0.4, -0.2) is 23.4 Å². The maximum atomic E-state index is 9.60. The molecule has 0 aliphatic heterocycles. The molecule has 0 fully saturated rings. The van der Waals surface area contributed by atoms with Crippen LogP contribution in [0.3, 0.4) is 0 Å². The summed E-state index contributed by atoms with van der Waals surface area (Å²) >= 11 is 0. The quantitative estimate of drug-likeness (QED) is 0.691. The number of hydrogen-bond acceptors (Lipinski definition) is 3. The third-order valence-electron chi connectivity index (χ3n) is 2.67. The average Bonchev–Trinajstić information content (AvgIpc) is 2.28. The van der Waals surface area contributed by atoms with E-state index in [2.05, 4.69) is 0 Å². The van der Waals surface area contributed by atoms with Crippen LogP contribution in [0.1, 0.15) is 31.1 Å². The van der Waals surface area contributed by atoms with Gasteiger partial charge in [0.05, 0.1) is 12.7 Å². The Morgan fingerprint density at radius 2 is 2.07 bits per heavy atom. The minimum absolute atomic E-state index is 0.0785. The molecule has 3 heteroatoms. The van der Waals surface area contributed by atoms with E-state index in [0.717, 1.165) is 11.1 Å². The molecule has 0 spiro atoms. The molecule has 1 aromatic rings. The average molecular weight is 209 g/mol. The van der Waals surface area contributed by atoms with E-state index >= 15 is 0 Å². The highest BCUT2D eigenvalue weighted by molar-refractivity contribution is 5.30. The summed E-state index contributed by atoms with van der Waals surface area (Å²) in [7, 11) is 0. The minimum Gasteiger partial charge on any atom is -0.395 e. The molecule has 0 aromatic heterocycles. The van der Waals surface area contributed by atoms with Gasteiger partial charge in [0, 0.05) is 12.0 Å². The van der Waals surface area contributed by atoms with Gasteiger partial charge >= 0.3 is 0 Å². The first kappa shape index (κ1) is 12.2. The summed E-state index contributed by atoms with van der Waals surface area (Å²) in [6.07, 6.45) is -0.626. The van der Waals surface area contributed by atoms with E-state index in [0.29, 0.717) is 0 Å². The lowest BCUT2D eigenvalue weighted by atomic mass is 9.84. The lowest BCUT2D eigenvalue weighted by Gasteiger charge is -2.23. The third-order valence-corrected chi connectivity index (χ3v) is 2.67. The molecule has 84 valence electrons. The van der Waals surface area contributed by atoms with Gasteiger partial charge in [-0.15, -0.1) is 0 Å². The number of aliphatic hydroxyl groups is 2. The van der Waals surface area contributed by atoms with E-state index < -0.39 is 6.10 Å². The SMILES string of the molecule is CC(C)(CO)c1cccc(C(O)CN)c1. The van der Waals surface area contributed by atoms with E-state index in [-0.39, 0.29) is 18.6 Å². The van der Waals surface area contributed by atoms with Crippen molar-refractivity contribution in [2.45, 2.75) is 25.4 Å². The molecule has 3 nitrogen and oxygen atoms in total. The molecule has 0 bridgehead atoms. The van der Waals surface area contributed by atoms with Gasteiger partial charge in [-0.05, 0) is 11.1 Å². The Labute approximate surface area is 90.5 Å². The summed E-state index contributed by atoms with van der Waals surface area (Å²) in [5, 5.41) is 18.9. The van der Waals surface area contributed by atoms with Crippen LogP contribution in [0.2, 0.25) is 0 Å². The number of benzene rings is 1. The lowest BCUT2D eigenvalue weighted by Crippen LogP contribution is -2.22. The molecule has 1 unspecified atom stereocenters. The first-order chi connectivity index (χ1) is 7.01. The van der Waals surface area contributed by atoms with Crippen LogP contribution in [0.15, 0.2) is 24.3 Å². The van der Waals surface area contributed by atoms with E-state index in [4.69, 9.17) is 5.73 Å². The Bertz CT molecular complexity index is 323. The summed E-state index contributed by atoms with van der Waals surface area (Å²) in [4.78, 5) is 0. The van der Waals surface area contributed by atoms with Gasteiger partial charge in [-0.1, -0.05) is 38.1 Å². The molecular formula is C12H19NO2. The fourth-order valence-corrected chi connectivity index (χ4v) is 1.39. The van der Waals surface area contributed by atoms with Crippen molar-refractivity contribution >= 4 is 0 Å². The van der Waals surface area contributed by atoms with Crippen LogP contribution < -0.4 is 5.73 Å². The minimum atomic E-state index is -0.626. The smallest absolute Gasteiger partial charge is 0.0912 e. The monoisotopic (exact) mass is 209 g/mol. The van der Waals surface area contributed by atoms with E-state index in [9.17, 15) is 10.2 Å². The third kappa shape index (κ3) is 2.78. The zero-order chi connectivity index (χ0) is 11.5. The van der Waals surface area contributed by atoms with Gasteiger partial charge in [-0.2, -0.15) is 0 Å². The van der Waals surface area contributed by atoms with E-state index in [1.54, 1.807) is 0 Å². The molecule has 4 N–H and O–H groups in total. The van der Waals surface area contributed by atoms with E-state index in [1.807, 2.05) is 38.1 Å². The molecule has 0 saturated carbocycles. The second-order valence-corrected chi connectivity index (χ2v) is 4.42. The Balaban J connectivity index is 3.02. The van der Waals surface area contributed by atoms with Crippen LogP contribution in [0.25, 0.3) is 0 Å². The summed E-state index contributed by atoms with van der Waals surface area (Å²) in [5.74, 6) is 0. The van der Waals surface area contributed by atoms with Gasteiger partial charge in [0.15, 0.2) is 0 Å². The first-order valence-electron chi connectivity index (χ1n) is 5.10. The van der Waals surface area contributed by atoms with Gasteiger partial charge in [-0.3, -0.25) is 0 Å². The Morgan fingerprint density at radius 1 is 1.40 bits per heavy atom. The van der Waals surface area contributed by atoms with Crippen LogP contribution in [0.4, 0.5) is 0 Å². The second kappa shape index (κ2) is 4.75. The van der Waals surface area contributed by atoms with Gasteiger partial charge < -0.3 is 15.9 Å². The van der Waals surface area contributed by atoms with Crippen molar-refractivity contribution in [2.24, 2.45) is 5.73 Å². The molecule has 0 radical (unpaired) electrons. The summed E-state index contributed by atoms with van der Waals surface area (Å²) in [5.41, 5.74) is 6.92. The van der Waals surface area contributed by atoms with E-state index in [1.165, 1.54) is 0 Å². The lowest BCUT2D eigenvalue weighted by molar-refractivity contribution is 0.185. The molecule has 0 aliphatic carbocycles. The Hall–Kier alpha value is -0.900. The van der Waals surface area contributed by atoms with Crippen molar-refractivity contribution in [1.82, 2.24) is 0 Å². The van der Waals surface area contributed by atoms with Crippen molar-refractivity contribution in [1.29, 1.82) is 0 Å². The summed E-state index contributed by atoms with van der Waals surface area (Å²) in [6.45, 7) is 4.21. The number of aliphatic hydroxyl groups excluding tert-OH is 2. The molecule has 1 aromatic carbocycles. The zero-order valence-corrected chi connectivity index (χ0v) is 9.27. The van der Waals surface area contributed by atoms with Crippen LogP contribution in [-0.2, 0) is 5.41 Å². The van der Waals surface area contributed by atoms with Gasteiger partial charge in [0.1, 0.15) is 0 Å². The molecule has 0 saturated heterocycles. The molecule has 0 amide bonds. The topological polar surface area (TPSA) is 66.5 Å². The van der Waals surface area contributed by atoms with Crippen molar-refractivity contribution in [3.05, 3.63) is 35.4 Å². The Morgan fingerprint density at radius 3 is 2.60 bits per heavy atom. The molecular weight excluding hydrogens is 190 g/mol. The van der Waals surface area contributed by atoms with Crippen molar-refractivity contribution in [3.8, 4) is 0 Å². The molecule has 0 heterocycles. The van der Waals surface area contributed by atoms with Crippen LogP contribution in [0, 0.1) is 0 Å². The second-order valence-electron chi connectivity index (χ2n) is 4.42. The maximum absolute atomic E-state index is 9.60. The number of hydrogen-bond donors (Lipinski definition) is 3. The fraction of sp³-hybridized carbons (Fsp3) is 0.500. The van der Waals surface area contributed by atoms with Gasteiger partial charge in [0.2, 0.25) is 0 Å². The largest absolute Gasteiger partial charge is 0.395 e. The molecule has 15 heavy (non-hydrogen) atoms. The number of nitrogens with two attached hydrogens (primary N) is 1. The fourth-order valence-electron chi connectivity index (χ4n) is 1.39. The highest BCUT2D eigenvalue weighted by Crippen LogP contribution is 2.24. The van der Waals surface area contributed by atoms with Gasteiger partial charge in [-0.25, -0.2) is 0 Å². The number of rotatable bonds is 4. The van der Waals surface area contributed by atoms with Crippen LogP contribution >= 0.6 is 0 Å². The Kier molecular flexibility index (Phi) is 3.85. The zero-order valence-electron chi connectivity index (χ0n) is 9.27. The standard InChI is InChI=1S/C12H19NO2/c1-12(2,8-14)10-5-3-4-9(6-10)11(15)7-13/h3-6,11,14-15H,7-8,13H2,1-2H3. The van der Waals surface area contributed by atoms with Crippen LogP contribution in [0.5, 0.6) is 0 Å². The maximum Gasteiger partial charge on any atom is 0.0912 e. The van der Waals surface area contributed by atoms with Crippen molar-refractivity contribution in [2.75, 3.05) is 13.2 Å². The summed E-state index contributed by atoms with van der Waals surface area (Å²) in [6, 6.07) is 7.56. The van der Waals surface area contributed by atoms with Crippen molar-refractivity contribution in [3.63, 3.8) is 0 Å². The van der Waals surface area contributed by atoms with Crippen molar-refractivity contribution < 1.29 is 10.2 Å². The predicted molar refractivity (Wildman–Crippen MR) is 60.6 cm³/mol. The van der Waals surface area contributed by atoms with Gasteiger partial charge in [0.25, 0.3) is 0 Å². The summed E-state index contributed by atoms with van der Waals surface area (Å²) < 4.78 is 0.